The predicted octanol–water partition coefficient (Wildman–Crippen LogP) is 2.20. The summed E-state index contributed by atoms with van der Waals surface area (Å²) < 4.78 is 5.46. The second kappa shape index (κ2) is 7.53. The molecular weight excluding hydrogens is 376 g/mol. The molecule has 3 heterocycles. The van der Waals surface area contributed by atoms with Gasteiger partial charge in [0, 0.05) is 29.9 Å². The van der Waals surface area contributed by atoms with Crippen molar-refractivity contribution in [2.75, 3.05) is 5.32 Å². The van der Waals surface area contributed by atoms with Gasteiger partial charge in [-0.15, -0.1) is 0 Å². The summed E-state index contributed by atoms with van der Waals surface area (Å²) in [5, 5.41) is 15.3. The number of aromatic nitrogens is 3. The molecule has 0 spiro atoms. The van der Waals surface area contributed by atoms with E-state index in [2.05, 4.69) is 31.1 Å². The number of nitrogens with zero attached hydrogens (tertiary/aromatic N) is 2. The van der Waals surface area contributed by atoms with E-state index in [0.29, 0.717) is 17.2 Å². The topological polar surface area (TPSA) is 138 Å². The van der Waals surface area contributed by atoms with Crippen LogP contribution in [0.15, 0.2) is 18.3 Å². The smallest absolute Gasteiger partial charge is 0.407 e. The number of hydrogen-bond acceptors (Lipinski definition) is 7. The highest BCUT2D eigenvalue weighted by Crippen LogP contribution is 2.36. The Morgan fingerprint density at radius 1 is 1.17 bits per heavy atom. The van der Waals surface area contributed by atoms with Crippen molar-refractivity contribution < 1.29 is 19.1 Å². The van der Waals surface area contributed by atoms with Crippen LogP contribution >= 0.6 is 0 Å². The van der Waals surface area contributed by atoms with Gasteiger partial charge in [0.2, 0.25) is 0 Å². The highest BCUT2D eigenvalue weighted by atomic mass is 16.6. The SMILES string of the molecule is CC(C)NC(=O)O[C@@H]1CC[C@H](c2cc(Nc3cc4c(cn3)C(=O)NC4=O)n[nH]2)C1. The molecule has 0 radical (unpaired) electrons. The minimum Gasteiger partial charge on any atom is -0.446 e. The molecule has 2 aromatic heterocycles. The molecule has 10 heteroatoms. The number of pyridine rings is 1. The lowest BCUT2D eigenvalue weighted by molar-refractivity contribution is 0.0878. The summed E-state index contributed by atoms with van der Waals surface area (Å²) in [6, 6.07) is 3.44. The average Bonchev–Trinajstić information content (AvgIpc) is 3.35. The van der Waals surface area contributed by atoms with Crippen LogP contribution in [-0.4, -0.2) is 45.2 Å². The van der Waals surface area contributed by atoms with Crippen molar-refractivity contribution in [1.29, 1.82) is 0 Å². The van der Waals surface area contributed by atoms with Gasteiger partial charge in [-0.3, -0.25) is 20.0 Å². The van der Waals surface area contributed by atoms with E-state index < -0.39 is 11.8 Å². The Hall–Kier alpha value is -3.43. The molecule has 4 N–H and O–H groups in total. The molecule has 2 aliphatic rings. The Morgan fingerprint density at radius 3 is 2.76 bits per heavy atom. The molecule has 2 aromatic rings. The van der Waals surface area contributed by atoms with Crippen LogP contribution in [0.5, 0.6) is 0 Å². The van der Waals surface area contributed by atoms with E-state index in [4.69, 9.17) is 4.74 Å². The number of fused-ring (bicyclic) bond motifs is 1. The van der Waals surface area contributed by atoms with Gasteiger partial charge in [0.25, 0.3) is 11.8 Å². The Balaban J connectivity index is 1.37. The Morgan fingerprint density at radius 2 is 1.97 bits per heavy atom. The third-order valence-electron chi connectivity index (χ3n) is 4.98. The number of amides is 3. The third-order valence-corrected chi connectivity index (χ3v) is 4.98. The molecule has 1 aliphatic carbocycles. The second-order valence-electron chi connectivity index (χ2n) is 7.57. The maximum absolute atomic E-state index is 11.8. The van der Waals surface area contributed by atoms with Crippen molar-refractivity contribution in [2.45, 2.75) is 51.2 Å². The predicted molar refractivity (Wildman–Crippen MR) is 103 cm³/mol. The lowest BCUT2D eigenvalue weighted by Crippen LogP contribution is -2.33. The van der Waals surface area contributed by atoms with Crippen molar-refractivity contribution in [3.63, 3.8) is 0 Å². The standard InChI is InChI=1S/C19H22N6O4/c1-9(2)21-19(28)29-11-4-3-10(5-11)14-7-16(25-24-14)22-15-6-12-13(8-20-15)18(27)23-17(12)26/h6-11H,3-5H2,1-2H3,(H,21,28)(H,23,26,27)(H2,20,22,24,25)/t10-,11+/m0/s1. The number of anilines is 2. The van der Waals surface area contributed by atoms with Crippen LogP contribution in [0.2, 0.25) is 0 Å². The lowest BCUT2D eigenvalue weighted by atomic mass is 10.0. The summed E-state index contributed by atoms with van der Waals surface area (Å²) in [6.45, 7) is 3.77. The van der Waals surface area contributed by atoms with Crippen LogP contribution in [0.25, 0.3) is 0 Å². The molecule has 1 fully saturated rings. The summed E-state index contributed by atoms with van der Waals surface area (Å²) in [5.41, 5.74) is 1.50. The Kier molecular flexibility index (Phi) is 4.91. The summed E-state index contributed by atoms with van der Waals surface area (Å²) in [5.74, 6) is 0.317. The minimum absolute atomic E-state index is 0.0398. The summed E-state index contributed by atoms with van der Waals surface area (Å²) in [7, 11) is 0. The first-order valence-corrected chi connectivity index (χ1v) is 9.54. The van der Waals surface area contributed by atoms with Gasteiger partial charge >= 0.3 is 6.09 Å². The first-order chi connectivity index (χ1) is 13.9. The molecule has 1 aliphatic heterocycles. The first kappa shape index (κ1) is 18.9. The van der Waals surface area contributed by atoms with Crippen LogP contribution in [0.1, 0.15) is 65.4 Å². The van der Waals surface area contributed by atoms with Crippen molar-refractivity contribution in [1.82, 2.24) is 25.8 Å². The second-order valence-corrected chi connectivity index (χ2v) is 7.57. The summed E-state index contributed by atoms with van der Waals surface area (Å²) in [6.07, 6.45) is 3.28. The van der Waals surface area contributed by atoms with Crippen LogP contribution < -0.4 is 16.0 Å². The van der Waals surface area contributed by atoms with E-state index in [1.165, 1.54) is 12.3 Å². The summed E-state index contributed by atoms with van der Waals surface area (Å²) in [4.78, 5) is 39.3. The molecule has 10 nitrogen and oxygen atoms in total. The van der Waals surface area contributed by atoms with Gasteiger partial charge < -0.3 is 15.4 Å². The van der Waals surface area contributed by atoms with Gasteiger partial charge in [-0.25, -0.2) is 9.78 Å². The number of H-pyrrole nitrogens is 1. The number of hydrogen-bond donors (Lipinski definition) is 4. The summed E-state index contributed by atoms with van der Waals surface area (Å²) >= 11 is 0. The molecule has 3 amide bonds. The van der Waals surface area contributed by atoms with Crippen LogP contribution in [-0.2, 0) is 4.74 Å². The maximum Gasteiger partial charge on any atom is 0.407 e. The van der Waals surface area contributed by atoms with Gasteiger partial charge in [-0.05, 0) is 39.2 Å². The van der Waals surface area contributed by atoms with Crippen molar-refractivity contribution in [3.05, 3.63) is 35.2 Å². The van der Waals surface area contributed by atoms with E-state index >= 15 is 0 Å². The molecule has 0 aromatic carbocycles. The van der Waals surface area contributed by atoms with Crippen molar-refractivity contribution in [3.8, 4) is 0 Å². The number of carbonyl (C=O) groups is 3. The number of nitrogens with one attached hydrogen (secondary N) is 4. The average molecular weight is 398 g/mol. The zero-order valence-electron chi connectivity index (χ0n) is 16.1. The number of imide groups is 1. The van der Waals surface area contributed by atoms with Gasteiger partial charge in [0.05, 0.1) is 11.1 Å². The molecule has 1 saturated carbocycles. The molecule has 0 unspecified atom stereocenters. The Bertz CT molecular complexity index is 969. The number of rotatable bonds is 5. The molecule has 29 heavy (non-hydrogen) atoms. The van der Waals surface area contributed by atoms with E-state index in [1.807, 2.05) is 19.9 Å². The molecule has 2 atom stereocenters. The fourth-order valence-electron chi connectivity index (χ4n) is 3.62. The van der Waals surface area contributed by atoms with E-state index in [9.17, 15) is 14.4 Å². The zero-order valence-corrected chi connectivity index (χ0v) is 16.1. The molecular formula is C19H22N6O4. The molecule has 0 saturated heterocycles. The normalized spacial score (nSPS) is 20.5. The number of alkyl carbamates (subject to hydrolysis) is 1. The Labute approximate surface area is 166 Å². The number of aromatic amines is 1. The van der Waals surface area contributed by atoms with Crippen molar-refractivity contribution in [2.24, 2.45) is 0 Å². The zero-order chi connectivity index (χ0) is 20.5. The molecule has 0 bridgehead atoms. The quantitative estimate of drug-likeness (QED) is 0.566. The van der Waals surface area contributed by atoms with Crippen LogP contribution in [0, 0.1) is 0 Å². The fourth-order valence-corrected chi connectivity index (χ4v) is 3.62. The largest absolute Gasteiger partial charge is 0.446 e. The van der Waals surface area contributed by atoms with E-state index in [0.717, 1.165) is 25.0 Å². The molecule has 4 rings (SSSR count). The van der Waals surface area contributed by atoms with Crippen LogP contribution in [0.4, 0.5) is 16.4 Å². The fraction of sp³-hybridized carbons (Fsp3) is 0.421. The van der Waals surface area contributed by atoms with Gasteiger partial charge in [-0.2, -0.15) is 5.10 Å². The number of ether oxygens (including phenoxy) is 1. The minimum atomic E-state index is -0.439. The third kappa shape index (κ3) is 4.05. The first-order valence-electron chi connectivity index (χ1n) is 9.54. The van der Waals surface area contributed by atoms with Crippen molar-refractivity contribution >= 4 is 29.5 Å². The van der Waals surface area contributed by atoms with E-state index in [1.54, 1.807) is 0 Å². The van der Waals surface area contributed by atoms with Gasteiger partial charge in [0.15, 0.2) is 5.82 Å². The highest BCUT2D eigenvalue weighted by Gasteiger charge is 2.30. The maximum atomic E-state index is 11.8. The molecule has 152 valence electrons. The van der Waals surface area contributed by atoms with E-state index in [-0.39, 0.29) is 29.7 Å². The van der Waals surface area contributed by atoms with Gasteiger partial charge in [0.1, 0.15) is 11.9 Å². The number of carbonyl (C=O) groups excluding carboxylic acids is 3. The van der Waals surface area contributed by atoms with Gasteiger partial charge in [-0.1, -0.05) is 0 Å². The monoisotopic (exact) mass is 398 g/mol. The lowest BCUT2D eigenvalue weighted by Gasteiger charge is -2.14. The highest BCUT2D eigenvalue weighted by molar-refractivity contribution is 6.21. The van der Waals surface area contributed by atoms with Crippen LogP contribution in [0.3, 0.4) is 0 Å².